The highest BCUT2D eigenvalue weighted by Crippen LogP contribution is 2.31. The van der Waals surface area contributed by atoms with Gasteiger partial charge in [0, 0.05) is 22.4 Å². The molecule has 4 aromatic rings. The molecule has 1 N–H and O–H groups in total. The molecule has 0 spiro atoms. The second kappa shape index (κ2) is 8.81. The van der Waals surface area contributed by atoms with Gasteiger partial charge in [-0.1, -0.05) is 55.8 Å². The maximum atomic E-state index is 13.1. The van der Waals surface area contributed by atoms with Gasteiger partial charge in [-0.25, -0.2) is 9.67 Å². The molecule has 0 saturated carbocycles. The van der Waals surface area contributed by atoms with E-state index < -0.39 is 0 Å². The van der Waals surface area contributed by atoms with Gasteiger partial charge in [0.15, 0.2) is 10.8 Å². The Kier molecular flexibility index (Phi) is 5.95. The number of hydrogen-bond acceptors (Lipinski definition) is 5. The first-order valence-electron chi connectivity index (χ1n) is 10.4. The van der Waals surface area contributed by atoms with Crippen molar-refractivity contribution in [1.29, 1.82) is 0 Å². The van der Waals surface area contributed by atoms with Gasteiger partial charge in [0.25, 0.3) is 11.5 Å². The van der Waals surface area contributed by atoms with Crippen LogP contribution in [-0.4, -0.2) is 20.7 Å². The van der Waals surface area contributed by atoms with Crippen LogP contribution in [0.5, 0.6) is 0 Å². The second-order valence-electron chi connectivity index (χ2n) is 7.34. The Balaban J connectivity index is 1.65. The number of thiazole rings is 1. The molecule has 2 heterocycles. The summed E-state index contributed by atoms with van der Waals surface area (Å²) in [5.41, 5.74) is 3.21. The zero-order valence-electron chi connectivity index (χ0n) is 17.8. The number of nitrogens with one attached hydrogen (secondary N) is 1. The number of benzene rings is 2. The average molecular weight is 433 g/mol. The maximum Gasteiger partial charge on any atom is 0.278 e. The summed E-state index contributed by atoms with van der Waals surface area (Å²) in [6.07, 6.45) is 2.16. The lowest BCUT2D eigenvalue weighted by Gasteiger charge is -2.09. The Hall–Kier alpha value is -3.32. The van der Waals surface area contributed by atoms with Crippen LogP contribution in [0.25, 0.3) is 22.0 Å². The summed E-state index contributed by atoms with van der Waals surface area (Å²) >= 11 is 1.43. The van der Waals surface area contributed by atoms with Gasteiger partial charge in [-0.2, -0.15) is 5.10 Å². The van der Waals surface area contributed by atoms with Gasteiger partial charge in [-0.15, -0.1) is 11.3 Å². The lowest BCUT2D eigenvalue weighted by Crippen LogP contribution is -2.27. The standard InChI is InChI=1S/C24H24N4O2S/c1-4-8-16-11-13-17(14-12-16)20-15(3)31-24(25-20)26-22(29)21-18-9-6-7-10-19(18)23(30)28(5-2)27-21/h6-7,9-14H,4-5,8H2,1-3H3,(H,25,26,29). The third-order valence-electron chi connectivity index (χ3n) is 5.17. The van der Waals surface area contributed by atoms with Crippen molar-refractivity contribution in [3.8, 4) is 11.3 Å². The van der Waals surface area contributed by atoms with Crippen molar-refractivity contribution >= 4 is 33.1 Å². The molecule has 0 atom stereocenters. The summed E-state index contributed by atoms with van der Waals surface area (Å²) in [5, 5.41) is 8.70. The third-order valence-corrected chi connectivity index (χ3v) is 6.05. The summed E-state index contributed by atoms with van der Waals surface area (Å²) in [7, 11) is 0. The Bertz CT molecular complexity index is 1310. The molecule has 1 amide bonds. The van der Waals surface area contributed by atoms with E-state index in [0.717, 1.165) is 29.0 Å². The molecule has 2 aromatic heterocycles. The lowest BCUT2D eigenvalue weighted by atomic mass is 10.1. The van der Waals surface area contributed by atoms with Crippen LogP contribution < -0.4 is 10.9 Å². The van der Waals surface area contributed by atoms with Crippen molar-refractivity contribution in [2.75, 3.05) is 5.32 Å². The highest BCUT2D eigenvalue weighted by molar-refractivity contribution is 7.16. The minimum atomic E-state index is -0.378. The molecule has 0 aliphatic rings. The number of hydrogen-bond donors (Lipinski definition) is 1. The van der Waals surface area contributed by atoms with Crippen molar-refractivity contribution < 1.29 is 4.79 Å². The van der Waals surface area contributed by atoms with Crippen LogP contribution in [0.1, 0.15) is 41.2 Å². The number of fused-ring (bicyclic) bond motifs is 1. The van der Waals surface area contributed by atoms with E-state index in [2.05, 4.69) is 46.6 Å². The fourth-order valence-electron chi connectivity index (χ4n) is 3.61. The summed E-state index contributed by atoms with van der Waals surface area (Å²) in [6.45, 7) is 6.37. The largest absolute Gasteiger partial charge is 0.296 e. The van der Waals surface area contributed by atoms with E-state index in [1.807, 2.05) is 13.8 Å². The molecule has 0 bridgehead atoms. The van der Waals surface area contributed by atoms with Crippen molar-refractivity contribution in [2.45, 2.75) is 40.2 Å². The van der Waals surface area contributed by atoms with Gasteiger partial charge >= 0.3 is 0 Å². The minimum absolute atomic E-state index is 0.200. The monoisotopic (exact) mass is 432 g/mol. The van der Waals surface area contributed by atoms with Crippen molar-refractivity contribution in [2.24, 2.45) is 0 Å². The topological polar surface area (TPSA) is 76.9 Å². The first-order chi connectivity index (χ1) is 15.0. The van der Waals surface area contributed by atoms with E-state index in [4.69, 9.17) is 0 Å². The predicted octanol–water partition coefficient (Wildman–Crippen LogP) is 5.05. The molecule has 0 aliphatic carbocycles. The highest BCUT2D eigenvalue weighted by atomic mass is 32.1. The van der Waals surface area contributed by atoms with E-state index in [1.54, 1.807) is 24.3 Å². The van der Waals surface area contributed by atoms with Gasteiger partial charge in [0.1, 0.15) is 0 Å². The molecule has 0 fully saturated rings. The van der Waals surface area contributed by atoms with Crippen LogP contribution in [-0.2, 0) is 13.0 Å². The molecular formula is C24H24N4O2S. The average Bonchev–Trinajstić information content (AvgIpc) is 3.14. The Morgan fingerprint density at radius 2 is 1.77 bits per heavy atom. The van der Waals surface area contributed by atoms with Crippen LogP contribution in [0.2, 0.25) is 0 Å². The minimum Gasteiger partial charge on any atom is -0.296 e. The number of aryl methyl sites for hydroxylation is 3. The number of aromatic nitrogens is 3. The van der Waals surface area contributed by atoms with Gasteiger partial charge in [0.2, 0.25) is 0 Å². The number of carbonyl (C=O) groups is 1. The van der Waals surface area contributed by atoms with Gasteiger partial charge < -0.3 is 0 Å². The fourth-order valence-corrected chi connectivity index (χ4v) is 4.44. The smallest absolute Gasteiger partial charge is 0.278 e. The summed E-state index contributed by atoms with van der Waals surface area (Å²) < 4.78 is 1.31. The Morgan fingerprint density at radius 1 is 1.06 bits per heavy atom. The summed E-state index contributed by atoms with van der Waals surface area (Å²) in [4.78, 5) is 31.3. The summed E-state index contributed by atoms with van der Waals surface area (Å²) in [5.74, 6) is -0.378. The van der Waals surface area contributed by atoms with Crippen LogP contribution in [0.4, 0.5) is 5.13 Å². The predicted molar refractivity (Wildman–Crippen MR) is 126 cm³/mol. The molecule has 0 radical (unpaired) electrons. The van der Waals surface area contributed by atoms with Gasteiger partial charge in [-0.3, -0.25) is 14.9 Å². The number of nitrogens with zero attached hydrogens (tertiary/aromatic N) is 3. The number of rotatable bonds is 6. The van der Waals surface area contributed by atoms with E-state index in [-0.39, 0.29) is 17.2 Å². The molecular weight excluding hydrogens is 408 g/mol. The summed E-state index contributed by atoms with van der Waals surface area (Å²) in [6, 6.07) is 15.4. The van der Waals surface area contributed by atoms with E-state index in [0.29, 0.717) is 22.4 Å². The second-order valence-corrected chi connectivity index (χ2v) is 8.54. The Labute approximate surface area is 184 Å². The molecule has 31 heavy (non-hydrogen) atoms. The lowest BCUT2D eigenvalue weighted by molar-refractivity contribution is 0.102. The van der Waals surface area contributed by atoms with Crippen molar-refractivity contribution in [1.82, 2.24) is 14.8 Å². The molecule has 0 aliphatic heterocycles. The molecule has 7 heteroatoms. The molecule has 4 rings (SSSR count). The highest BCUT2D eigenvalue weighted by Gasteiger charge is 2.18. The van der Waals surface area contributed by atoms with E-state index in [9.17, 15) is 9.59 Å². The number of amides is 1. The molecule has 158 valence electrons. The zero-order valence-corrected chi connectivity index (χ0v) is 18.6. The Morgan fingerprint density at radius 3 is 2.45 bits per heavy atom. The first kappa shape index (κ1) is 20.9. The first-order valence-corrected chi connectivity index (χ1v) is 11.2. The van der Waals surface area contributed by atoms with Gasteiger partial charge in [0.05, 0.1) is 11.1 Å². The van der Waals surface area contributed by atoms with Crippen molar-refractivity contribution in [3.63, 3.8) is 0 Å². The number of anilines is 1. The normalized spacial score (nSPS) is 11.1. The van der Waals surface area contributed by atoms with E-state index >= 15 is 0 Å². The van der Waals surface area contributed by atoms with Crippen molar-refractivity contribution in [3.05, 3.63) is 75.0 Å². The zero-order chi connectivity index (χ0) is 22.0. The van der Waals surface area contributed by atoms with Crippen LogP contribution in [0.3, 0.4) is 0 Å². The molecule has 0 saturated heterocycles. The fraction of sp³-hybridized carbons (Fsp3) is 0.250. The van der Waals surface area contributed by atoms with Crippen LogP contribution >= 0.6 is 11.3 Å². The van der Waals surface area contributed by atoms with Crippen LogP contribution in [0, 0.1) is 6.92 Å². The van der Waals surface area contributed by atoms with Gasteiger partial charge in [-0.05, 0) is 31.9 Å². The molecule has 2 aromatic carbocycles. The number of carbonyl (C=O) groups excluding carboxylic acids is 1. The maximum absolute atomic E-state index is 13.1. The third kappa shape index (κ3) is 4.14. The quantitative estimate of drug-likeness (QED) is 0.462. The molecule has 6 nitrogen and oxygen atoms in total. The SMILES string of the molecule is CCCc1ccc(-c2nc(NC(=O)c3nn(CC)c(=O)c4ccccc34)sc2C)cc1. The van der Waals surface area contributed by atoms with Crippen LogP contribution in [0.15, 0.2) is 53.3 Å². The van der Waals surface area contributed by atoms with E-state index in [1.165, 1.54) is 21.6 Å². The molecule has 0 unspecified atom stereocenters.